The van der Waals surface area contributed by atoms with E-state index in [-0.39, 0.29) is 4.32 Å². The van der Waals surface area contributed by atoms with Crippen LogP contribution >= 0.6 is 15.9 Å². The average molecular weight is 304 g/mol. The second-order valence-electron chi connectivity index (χ2n) is 5.41. The van der Waals surface area contributed by atoms with E-state index in [1.54, 1.807) is 0 Å². The predicted octanol–water partition coefficient (Wildman–Crippen LogP) is 3.80. The predicted molar refractivity (Wildman–Crippen MR) is 75.5 cm³/mol. The maximum Gasteiger partial charge on any atom is 0.407 e. The molecular weight excluding hydrogens is 282 g/mol. The van der Waals surface area contributed by atoms with E-state index < -0.39 is 11.7 Å². The lowest BCUT2D eigenvalue weighted by Crippen LogP contribution is -2.33. The van der Waals surface area contributed by atoms with Crippen molar-refractivity contribution in [3.05, 3.63) is 24.3 Å². The first kappa shape index (κ1) is 16.2. The number of rotatable bonds is 4. The highest BCUT2D eigenvalue weighted by Gasteiger charge is 2.15. The van der Waals surface area contributed by atoms with Gasteiger partial charge in [-0.25, -0.2) is 4.79 Å². The monoisotopic (exact) mass is 303 g/mol. The summed E-state index contributed by atoms with van der Waals surface area (Å²) < 4.78 is 5.04. The summed E-state index contributed by atoms with van der Waals surface area (Å²) in [5, 5.41) is 2.65. The Balaban J connectivity index is 4.02. The Hall–Kier alpha value is -0.770. The highest BCUT2D eigenvalue weighted by molar-refractivity contribution is 9.10. The Labute approximate surface area is 112 Å². The van der Waals surface area contributed by atoms with Gasteiger partial charge in [0, 0.05) is 10.9 Å². The number of amides is 1. The van der Waals surface area contributed by atoms with Gasteiger partial charge in [-0.3, -0.25) is 0 Å². The minimum atomic E-state index is -0.473. The smallest absolute Gasteiger partial charge is 0.407 e. The molecule has 0 spiro atoms. The van der Waals surface area contributed by atoms with E-state index in [0.717, 1.165) is 5.57 Å². The van der Waals surface area contributed by atoms with Crippen LogP contribution in [0.15, 0.2) is 24.3 Å². The third-order valence-corrected chi connectivity index (χ3v) is 1.84. The van der Waals surface area contributed by atoms with Gasteiger partial charge in [0.15, 0.2) is 0 Å². The molecule has 0 saturated carbocycles. The maximum atomic E-state index is 11.4. The van der Waals surface area contributed by atoms with Crippen molar-refractivity contribution in [3.8, 4) is 0 Å². The van der Waals surface area contributed by atoms with Crippen LogP contribution in [0.2, 0.25) is 0 Å². The third-order valence-electron chi connectivity index (χ3n) is 1.57. The summed E-state index contributed by atoms with van der Waals surface area (Å²) in [5.74, 6) is 0. The van der Waals surface area contributed by atoms with E-state index in [1.165, 1.54) is 0 Å². The summed E-state index contributed by atoms with van der Waals surface area (Å²) in [6.45, 7) is 13.8. The van der Waals surface area contributed by atoms with E-state index in [2.05, 4.69) is 27.8 Å². The molecule has 98 valence electrons. The lowest BCUT2D eigenvalue weighted by molar-refractivity contribution is 0.0533. The van der Waals surface area contributed by atoms with E-state index in [0.29, 0.717) is 6.54 Å². The molecule has 3 nitrogen and oxygen atoms in total. The molecule has 0 saturated heterocycles. The number of halogens is 1. The molecule has 0 fully saturated rings. The van der Waals surface area contributed by atoms with Gasteiger partial charge >= 0.3 is 6.09 Å². The molecule has 0 unspecified atom stereocenters. The van der Waals surface area contributed by atoms with E-state index >= 15 is 0 Å². The topological polar surface area (TPSA) is 38.3 Å². The highest BCUT2D eigenvalue weighted by atomic mass is 79.9. The van der Waals surface area contributed by atoms with Crippen LogP contribution in [-0.2, 0) is 4.74 Å². The Morgan fingerprint density at radius 2 is 1.88 bits per heavy atom. The first-order chi connectivity index (χ1) is 7.49. The number of ether oxygens (including phenoxy) is 1. The number of hydrogen-bond acceptors (Lipinski definition) is 2. The van der Waals surface area contributed by atoms with E-state index in [4.69, 9.17) is 4.74 Å². The number of hydrogen-bond donors (Lipinski definition) is 1. The second kappa shape index (κ2) is 6.24. The maximum absolute atomic E-state index is 11.4. The van der Waals surface area contributed by atoms with Crippen molar-refractivity contribution in [1.82, 2.24) is 5.32 Å². The van der Waals surface area contributed by atoms with Gasteiger partial charge in [0.05, 0.1) is 0 Å². The summed E-state index contributed by atoms with van der Waals surface area (Å²) in [6, 6.07) is 0. The van der Waals surface area contributed by atoms with Crippen molar-refractivity contribution in [3.63, 3.8) is 0 Å². The Bertz CT molecular complexity index is 308. The van der Waals surface area contributed by atoms with Crippen molar-refractivity contribution in [2.75, 3.05) is 6.54 Å². The zero-order chi connectivity index (χ0) is 13.7. The summed E-state index contributed by atoms with van der Waals surface area (Å²) in [7, 11) is 0. The van der Waals surface area contributed by atoms with Gasteiger partial charge in [-0.1, -0.05) is 34.7 Å². The Morgan fingerprint density at radius 1 is 1.35 bits per heavy atom. The third kappa shape index (κ3) is 11.5. The molecule has 0 aromatic heterocycles. The van der Waals surface area contributed by atoms with Crippen LogP contribution < -0.4 is 5.32 Å². The fourth-order valence-corrected chi connectivity index (χ4v) is 1.01. The minimum Gasteiger partial charge on any atom is -0.444 e. The van der Waals surface area contributed by atoms with Gasteiger partial charge in [-0.05, 0) is 40.2 Å². The summed E-state index contributed by atoms with van der Waals surface area (Å²) in [6.07, 6.45) is 3.43. The van der Waals surface area contributed by atoms with Crippen LogP contribution in [0.1, 0.15) is 34.6 Å². The number of nitrogens with one attached hydrogen (secondary N) is 1. The molecule has 0 aliphatic rings. The van der Waals surface area contributed by atoms with E-state index in [1.807, 2.05) is 46.8 Å². The molecule has 0 radical (unpaired) electrons. The number of carbonyl (C=O) groups is 1. The molecule has 0 aromatic carbocycles. The number of alkyl carbamates (subject to hydrolysis) is 1. The van der Waals surface area contributed by atoms with Crippen LogP contribution in [0.25, 0.3) is 0 Å². The van der Waals surface area contributed by atoms with Gasteiger partial charge in [-0.2, -0.15) is 0 Å². The molecule has 0 aromatic rings. The largest absolute Gasteiger partial charge is 0.444 e. The minimum absolute atomic E-state index is 0.0676. The molecule has 17 heavy (non-hydrogen) atoms. The van der Waals surface area contributed by atoms with Crippen molar-refractivity contribution >= 4 is 22.0 Å². The van der Waals surface area contributed by atoms with Gasteiger partial charge in [-0.15, -0.1) is 0 Å². The quantitative estimate of drug-likeness (QED) is 0.634. The average Bonchev–Trinajstić information content (AvgIpc) is 2.07. The standard InChI is InChI=1S/C13H22BrNO2/c1-10(7-8-13(5,6)14)9-15-11(16)17-12(2,3)4/h7-8H,1,9H2,2-6H3,(H,15,16)/b8-7-. The molecule has 1 amide bonds. The first-order valence-corrected chi connectivity index (χ1v) is 6.32. The first-order valence-electron chi connectivity index (χ1n) is 5.52. The number of carbonyl (C=O) groups excluding carboxylic acids is 1. The SMILES string of the molecule is C=C(/C=C\C(C)(C)Br)CNC(=O)OC(C)(C)C. The van der Waals surface area contributed by atoms with Crippen LogP contribution in [0, 0.1) is 0 Å². The van der Waals surface area contributed by atoms with Crippen LogP contribution in [0.3, 0.4) is 0 Å². The molecule has 0 atom stereocenters. The van der Waals surface area contributed by atoms with Crippen molar-refractivity contribution < 1.29 is 9.53 Å². The molecule has 0 heterocycles. The Morgan fingerprint density at radius 3 is 2.29 bits per heavy atom. The van der Waals surface area contributed by atoms with Crippen molar-refractivity contribution in [2.24, 2.45) is 0 Å². The van der Waals surface area contributed by atoms with Gasteiger partial charge in [0.25, 0.3) is 0 Å². The summed E-state index contributed by atoms with van der Waals surface area (Å²) in [4.78, 5) is 11.4. The zero-order valence-corrected chi connectivity index (χ0v) is 12.8. The summed E-state index contributed by atoms with van der Waals surface area (Å²) >= 11 is 3.49. The van der Waals surface area contributed by atoms with Crippen LogP contribution in [-0.4, -0.2) is 22.6 Å². The molecule has 0 bridgehead atoms. The molecule has 1 N–H and O–H groups in total. The number of alkyl halides is 1. The van der Waals surface area contributed by atoms with Gasteiger partial charge in [0.1, 0.15) is 5.60 Å². The van der Waals surface area contributed by atoms with Gasteiger partial charge < -0.3 is 10.1 Å². The molecule has 0 aliphatic heterocycles. The van der Waals surface area contributed by atoms with E-state index in [9.17, 15) is 4.79 Å². The zero-order valence-electron chi connectivity index (χ0n) is 11.3. The number of allylic oxidation sites excluding steroid dienone is 1. The van der Waals surface area contributed by atoms with Crippen LogP contribution in [0.4, 0.5) is 4.79 Å². The lowest BCUT2D eigenvalue weighted by Gasteiger charge is -2.19. The second-order valence-corrected chi connectivity index (χ2v) is 7.46. The normalized spacial score (nSPS) is 12.6. The van der Waals surface area contributed by atoms with Crippen LogP contribution in [0.5, 0.6) is 0 Å². The fourth-order valence-electron chi connectivity index (χ4n) is 0.875. The van der Waals surface area contributed by atoms with Crippen molar-refractivity contribution in [2.45, 2.75) is 44.5 Å². The molecule has 4 heteroatoms. The molecule has 0 rings (SSSR count). The lowest BCUT2D eigenvalue weighted by atomic mass is 10.1. The molecular formula is C13H22BrNO2. The fraction of sp³-hybridized carbons (Fsp3) is 0.615. The van der Waals surface area contributed by atoms with Crippen molar-refractivity contribution in [1.29, 1.82) is 0 Å². The summed E-state index contributed by atoms with van der Waals surface area (Å²) in [5.41, 5.74) is 0.349. The highest BCUT2D eigenvalue weighted by Crippen LogP contribution is 2.17. The Kier molecular flexibility index (Phi) is 5.96. The molecule has 0 aliphatic carbocycles. The van der Waals surface area contributed by atoms with Gasteiger partial charge in [0.2, 0.25) is 0 Å².